The Morgan fingerprint density at radius 1 is 1.60 bits per heavy atom. The fraction of sp³-hybridized carbons (Fsp3) is 0.364. The van der Waals surface area contributed by atoms with Gasteiger partial charge in [-0.25, -0.2) is 4.79 Å². The molecule has 4 heteroatoms. The van der Waals surface area contributed by atoms with Crippen molar-refractivity contribution in [3.63, 3.8) is 0 Å². The van der Waals surface area contributed by atoms with Crippen molar-refractivity contribution >= 4 is 21.9 Å². The second kappa shape index (κ2) is 5.16. The van der Waals surface area contributed by atoms with Gasteiger partial charge in [0.2, 0.25) is 0 Å². The van der Waals surface area contributed by atoms with Crippen LogP contribution < -0.4 is 4.74 Å². The number of hydrogen-bond acceptors (Lipinski definition) is 2. The topological polar surface area (TPSA) is 46.5 Å². The maximum absolute atomic E-state index is 10.7. The minimum absolute atomic E-state index is 0.122. The van der Waals surface area contributed by atoms with E-state index in [1.54, 1.807) is 12.1 Å². The highest BCUT2D eigenvalue weighted by atomic mass is 79.9. The molecule has 1 N–H and O–H groups in total. The summed E-state index contributed by atoms with van der Waals surface area (Å²) in [5.74, 6) is -0.264. The third-order valence-corrected chi connectivity index (χ3v) is 2.70. The largest absolute Gasteiger partial charge is 0.490 e. The second-order valence-corrected chi connectivity index (χ2v) is 4.14. The number of carboxylic acids is 1. The number of aromatic carboxylic acids is 1. The molecule has 0 aliphatic rings. The Bertz CT molecular complexity index is 363. The van der Waals surface area contributed by atoms with Crippen LogP contribution in [0.25, 0.3) is 0 Å². The van der Waals surface area contributed by atoms with Crippen LogP contribution in [-0.4, -0.2) is 17.2 Å². The van der Waals surface area contributed by atoms with Crippen molar-refractivity contribution in [1.29, 1.82) is 0 Å². The number of carbonyl (C=O) groups is 1. The standard InChI is InChI=1S/C11H13BrO3/c1-3-7(2)15-10-5-4-8(11(13)14)6-9(10)12/h4-7H,3H2,1-2H3,(H,13,14)/t7-/m0/s1. The highest BCUT2D eigenvalue weighted by Crippen LogP contribution is 2.27. The van der Waals surface area contributed by atoms with E-state index in [0.717, 1.165) is 6.42 Å². The predicted octanol–water partition coefficient (Wildman–Crippen LogP) is 3.32. The number of ether oxygens (including phenoxy) is 1. The van der Waals surface area contributed by atoms with Gasteiger partial charge in [0.1, 0.15) is 5.75 Å². The van der Waals surface area contributed by atoms with Crippen molar-refractivity contribution in [1.82, 2.24) is 0 Å². The molecule has 0 unspecified atom stereocenters. The van der Waals surface area contributed by atoms with E-state index in [9.17, 15) is 4.79 Å². The normalized spacial score (nSPS) is 12.2. The molecule has 0 bridgehead atoms. The molecule has 0 aliphatic carbocycles. The lowest BCUT2D eigenvalue weighted by Crippen LogP contribution is -2.10. The molecule has 3 nitrogen and oxygen atoms in total. The van der Waals surface area contributed by atoms with Crippen molar-refractivity contribution in [2.75, 3.05) is 0 Å². The van der Waals surface area contributed by atoms with Crippen LogP contribution in [0.2, 0.25) is 0 Å². The third kappa shape index (κ3) is 3.23. The summed E-state index contributed by atoms with van der Waals surface area (Å²) in [4.78, 5) is 10.7. The van der Waals surface area contributed by atoms with E-state index in [-0.39, 0.29) is 11.7 Å². The summed E-state index contributed by atoms with van der Waals surface area (Å²) in [6.45, 7) is 4.00. The molecular formula is C11H13BrO3. The summed E-state index contributed by atoms with van der Waals surface area (Å²) >= 11 is 3.28. The summed E-state index contributed by atoms with van der Waals surface area (Å²) in [5, 5.41) is 8.77. The van der Waals surface area contributed by atoms with Gasteiger partial charge in [-0.05, 0) is 47.5 Å². The fourth-order valence-corrected chi connectivity index (χ4v) is 1.50. The van der Waals surface area contributed by atoms with Crippen molar-refractivity contribution < 1.29 is 14.6 Å². The van der Waals surface area contributed by atoms with Crippen molar-refractivity contribution in [2.24, 2.45) is 0 Å². The Morgan fingerprint density at radius 3 is 2.73 bits per heavy atom. The fourth-order valence-electron chi connectivity index (χ4n) is 1.03. The van der Waals surface area contributed by atoms with Crippen LogP contribution in [0.1, 0.15) is 30.6 Å². The summed E-state index contributed by atoms with van der Waals surface area (Å²) in [6, 6.07) is 4.74. The van der Waals surface area contributed by atoms with Gasteiger partial charge in [-0.1, -0.05) is 6.92 Å². The molecule has 0 saturated carbocycles. The van der Waals surface area contributed by atoms with Gasteiger partial charge in [0.25, 0.3) is 0 Å². The Balaban J connectivity index is 2.88. The van der Waals surface area contributed by atoms with E-state index >= 15 is 0 Å². The van der Waals surface area contributed by atoms with Gasteiger partial charge in [0, 0.05) is 0 Å². The molecule has 15 heavy (non-hydrogen) atoms. The van der Waals surface area contributed by atoms with E-state index in [1.807, 2.05) is 13.8 Å². The average Bonchev–Trinajstić information content (AvgIpc) is 2.20. The monoisotopic (exact) mass is 272 g/mol. The van der Waals surface area contributed by atoms with Crippen molar-refractivity contribution in [2.45, 2.75) is 26.4 Å². The van der Waals surface area contributed by atoms with E-state index in [1.165, 1.54) is 6.07 Å². The van der Waals surface area contributed by atoms with Gasteiger partial charge >= 0.3 is 5.97 Å². The Kier molecular flexibility index (Phi) is 4.15. The van der Waals surface area contributed by atoms with Crippen LogP contribution in [0.4, 0.5) is 0 Å². The van der Waals surface area contributed by atoms with Crippen molar-refractivity contribution in [3.05, 3.63) is 28.2 Å². The Labute approximate surface area is 97.2 Å². The summed E-state index contributed by atoms with van der Waals surface area (Å²) < 4.78 is 6.26. The molecule has 1 atom stereocenters. The molecule has 0 aromatic heterocycles. The predicted molar refractivity (Wildman–Crippen MR) is 61.5 cm³/mol. The molecule has 82 valence electrons. The van der Waals surface area contributed by atoms with E-state index < -0.39 is 5.97 Å². The third-order valence-electron chi connectivity index (χ3n) is 2.08. The van der Waals surface area contributed by atoms with E-state index in [0.29, 0.717) is 10.2 Å². The number of rotatable bonds is 4. The molecule has 1 rings (SSSR count). The molecule has 0 amide bonds. The zero-order valence-electron chi connectivity index (χ0n) is 8.66. The first-order valence-corrected chi connectivity index (χ1v) is 5.53. The molecule has 0 saturated heterocycles. The van der Waals surface area contributed by atoms with Crippen LogP contribution in [0.5, 0.6) is 5.75 Å². The Morgan fingerprint density at radius 2 is 2.27 bits per heavy atom. The van der Waals surface area contributed by atoms with Crippen molar-refractivity contribution in [3.8, 4) is 5.75 Å². The maximum Gasteiger partial charge on any atom is 0.335 e. The summed E-state index contributed by atoms with van der Waals surface area (Å²) in [5.41, 5.74) is 0.248. The lowest BCUT2D eigenvalue weighted by molar-refractivity contribution is 0.0696. The minimum atomic E-state index is -0.939. The van der Waals surface area contributed by atoms with Gasteiger partial charge in [0.05, 0.1) is 16.1 Å². The molecule has 0 aliphatic heterocycles. The summed E-state index contributed by atoms with van der Waals surface area (Å²) in [7, 11) is 0. The highest BCUT2D eigenvalue weighted by Gasteiger charge is 2.09. The minimum Gasteiger partial charge on any atom is -0.490 e. The van der Waals surface area contributed by atoms with Gasteiger partial charge in [0.15, 0.2) is 0 Å². The first-order chi connectivity index (χ1) is 7.04. The highest BCUT2D eigenvalue weighted by molar-refractivity contribution is 9.10. The SMILES string of the molecule is CC[C@H](C)Oc1ccc(C(=O)O)cc1Br. The first kappa shape index (κ1) is 12.0. The first-order valence-electron chi connectivity index (χ1n) is 4.74. The van der Waals surface area contributed by atoms with Crippen LogP contribution in [0.3, 0.4) is 0 Å². The zero-order valence-corrected chi connectivity index (χ0v) is 10.2. The number of carboxylic acid groups (broad SMARTS) is 1. The Hall–Kier alpha value is -1.03. The average molecular weight is 273 g/mol. The van der Waals surface area contributed by atoms with Gasteiger partial charge in [-0.3, -0.25) is 0 Å². The van der Waals surface area contributed by atoms with Crippen LogP contribution in [0.15, 0.2) is 22.7 Å². The van der Waals surface area contributed by atoms with Crippen LogP contribution >= 0.6 is 15.9 Å². The molecule has 0 heterocycles. The number of hydrogen-bond donors (Lipinski definition) is 1. The zero-order chi connectivity index (χ0) is 11.4. The molecule has 0 spiro atoms. The smallest absolute Gasteiger partial charge is 0.335 e. The van der Waals surface area contributed by atoms with Crippen LogP contribution in [0, 0.1) is 0 Å². The molecule has 0 radical (unpaired) electrons. The van der Waals surface area contributed by atoms with Gasteiger partial charge < -0.3 is 9.84 Å². The quantitative estimate of drug-likeness (QED) is 0.915. The number of halogens is 1. The van der Waals surface area contributed by atoms with Crippen LogP contribution in [-0.2, 0) is 0 Å². The molecule has 1 aromatic carbocycles. The second-order valence-electron chi connectivity index (χ2n) is 3.29. The van der Waals surface area contributed by atoms with Gasteiger partial charge in [-0.2, -0.15) is 0 Å². The lowest BCUT2D eigenvalue weighted by Gasteiger charge is -2.14. The van der Waals surface area contributed by atoms with E-state index in [2.05, 4.69) is 15.9 Å². The lowest BCUT2D eigenvalue weighted by atomic mass is 10.2. The summed E-state index contributed by atoms with van der Waals surface area (Å²) in [6.07, 6.45) is 1.03. The van der Waals surface area contributed by atoms with Gasteiger partial charge in [-0.15, -0.1) is 0 Å². The molecule has 1 aromatic rings. The molecular weight excluding hydrogens is 260 g/mol. The van der Waals surface area contributed by atoms with E-state index in [4.69, 9.17) is 9.84 Å². The maximum atomic E-state index is 10.7. The molecule has 0 fully saturated rings. The number of benzene rings is 1.